The van der Waals surface area contributed by atoms with Crippen molar-refractivity contribution in [3.63, 3.8) is 0 Å². The van der Waals surface area contributed by atoms with Gasteiger partial charge in [0.2, 0.25) is 0 Å². The maximum absolute atomic E-state index is 13.4. The Hall–Kier alpha value is -4.14. The fourth-order valence-electron chi connectivity index (χ4n) is 4.26. The van der Waals surface area contributed by atoms with Gasteiger partial charge in [-0.25, -0.2) is 9.78 Å². The Morgan fingerprint density at radius 2 is 1.73 bits per heavy atom. The number of benzene rings is 2. The second-order valence-corrected chi connectivity index (χ2v) is 8.68. The second kappa shape index (κ2) is 10.5. The Labute approximate surface area is 212 Å². The van der Waals surface area contributed by atoms with Crippen molar-refractivity contribution in [1.82, 2.24) is 14.9 Å². The van der Waals surface area contributed by atoms with E-state index in [1.54, 1.807) is 42.7 Å². The summed E-state index contributed by atoms with van der Waals surface area (Å²) >= 11 is 0. The molecule has 2 aromatic carbocycles. The molecule has 37 heavy (non-hydrogen) atoms. The third-order valence-corrected chi connectivity index (χ3v) is 6.28. The highest BCUT2D eigenvalue weighted by molar-refractivity contribution is 6.07. The number of aromatic nitrogens is 2. The molecule has 192 valence electrons. The van der Waals surface area contributed by atoms with E-state index in [4.69, 9.17) is 4.74 Å². The van der Waals surface area contributed by atoms with E-state index in [0.29, 0.717) is 40.7 Å². The van der Waals surface area contributed by atoms with Gasteiger partial charge in [0, 0.05) is 24.3 Å². The summed E-state index contributed by atoms with van der Waals surface area (Å²) in [5, 5.41) is 3.66. The smallest absolute Gasteiger partial charge is 0.416 e. The van der Waals surface area contributed by atoms with E-state index >= 15 is 0 Å². The number of methoxy groups -OCH3 is 1. The molecular formula is C28H26F3N3O3. The van der Waals surface area contributed by atoms with Crippen molar-refractivity contribution < 1.29 is 27.5 Å². The number of amides is 1. The van der Waals surface area contributed by atoms with Crippen molar-refractivity contribution in [3.8, 4) is 0 Å². The van der Waals surface area contributed by atoms with Crippen molar-refractivity contribution in [1.29, 1.82) is 0 Å². The Morgan fingerprint density at radius 3 is 2.32 bits per heavy atom. The van der Waals surface area contributed by atoms with Crippen LogP contribution in [0.3, 0.4) is 0 Å². The number of fused-ring (bicyclic) bond motifs is 1. The highest BCUT2D eigenvalue weighted by atomic mass is 19.4. The minimum absolute atomic E-state index is 0.302. The van der Waals surface area contributed by atoms with Crippen LogP contribution in [-0.4, -0.2) is 28.5 Å². The summed E-state index contributed by atoms with van der Waals surface area (Å²) in [4.78, 5) is 29.6. The molecule has 0 saturated carbocycles. The van der Waals surface area contributed by atoms with E-state index in [2.05, 4.69) is 10.3 Å². The van der Waals surface area contributed by atoms with Crippen LogP contribution in [-0.2, 0) is 23.9 Å². The number of hydrogen-bond donors (Lipinski definition) is 1. The van der Waals surface area contributed by atoms with E-state index < -0.39 is 17.7 Å². The maximum atomic E-state index is 13.4. The number of halogens is 3. The summed E-state index contributed by atoms with van der Waals surface area (Å²) in [6.07, 6.45) is -0.671. The SMILES string of the molecule is CCn1cc(C(=O)N[C@@H](C)c2ccc(C(=O)OC)cc2)c2c(Cc3ccc(C(F)(F)F)cc3)ccnc21. The molecule has 1 atom stereocenters. The number of ether oxygens (including phenoxy) is 1. The van der Waals surface area contributed by atoms with Gasteiger partial charge in [-0.2, -0.15) is 13.2 Å². The Bertz CT molecular complexity index is 1430. The van der Waals surface area contributed by atoms with E-state index in [-0.39, 0.29) is 11.9 Å². The molecule has 0 aliphatic carbocycles. The lowest BCUT2D eigenvalue weighted by molar-refractivity contribution is -0.137. The maximum Gasteiger partial charge on any atom is 0.416 e. The van der Waals surface area contributed by atoms with Crippen LogP contribution in [0, 0.1) is 0 Å². The van der Waals surface area contributed by atoms with Crippen LogP contribution in [0.2, 0.25) is 0 Å². The average Bonchev–Trinajstić information content (AvgIpc) is 3.28. The second-order valence-electron chi connectivity index (χ2n) is 8.68. The van der Waals surface area contributed by atoms with E-state index in [1.165, 1.54) is 19.2 Å². The molecule has 0 aliphatic rings. The normalized spacial score (nSPS) is 12.4. The lowest BCUT2D eigenvalue weighted by Gasteiger charge is -2.15. The molecule has 0 aliphatic heterocycles. The number of carbonyl (C=O) groups excluding carboxylic acids is 2. The van der Waals surface area contributed by atoms with Gasteiger partial charge in [-0.3, -0.25) is 4.79 Å². The zero-order valence-corrected chi connectivity index (χ0v) is 20.6. The number of hydrogen-bond acceptors (Lipinski definition) is 4. The number of pyridine rings is 1. The van der Waals surface area contributed by atoms with Gasteiger partial charge in [-0.1, -0.05) is 24.3 Å². The molecule has 6 nitrogen and oxygen atoms in total. The number of aryl methyl sites for hydroxylation is 1. The van der Waals surface area contributed by atoms with Crippen LogP contribution < -0.4 is 5.32 Å². The zero-order valence-electron chi connectivity index (χ0n) is 20.6. The summed E-state index contributed by atoms with van der Waals surface area (Å²) in [7, 11) is 1.31. The van der Waals surface area contributed by atoms with Gasteiger partial charge in [0.1, 0.15) is 5.65 Å². The first-order valence-electron chi connectivity index (χ1n) is 11.7. The first kappa shape index (κ1) is 25.9. The number of esters is 1. The van der Waals surface area contributed by atoms with Gasteiger partial charge in [0.15, 0.2) is 0 Å². The molecule has 1 amide bonds. The highest BCUT2D eigenvalue weighted by Crippen LogP contribution is 2.31. The van der Waals surface area contributed by atoms with Gasteiger partial charge in [-0.15, -0.1) is 0 Å². The van der Waals surface area contributed by atoms with Gasteiger partial charge in [-0.05, 0) is 67.3 Å². The van der Waals surface area contributed by atoms with Crippen molar-refractivity contribution in [3.05, 3.63) is 100 Å². The molecule has 0 saturated heterocycles. The van der Waals surface area contributed by atoms with Crippen LogP contribution in [0.1, 0.15) is 62.9 Å². The Kier molecular flexibility index (Phi) is 7.33. The molecule has 9 heteroatoms. The third kappa shape index (κ3) is 5.50. The van der Waals surface area contributed by atoms with E-state index in [0.717, 1.165) is 23.3 Å². The minimum Gasteiger partial charge on any atom is -0.465 e. The molecule has 0 fully saturated rings. The third-order valence-electron chi connectivity index (χ3n) is 6.28. The fraction of sp³-hybridized carbons (Fsp3) is 0.250. The van der Waals surface area contributed by atoms with Gasteiger partial charge in [0.25, 0.3) is 5.91 Å². The fourth-order valence-corrected chi connectivity index (χ4v) is 4.26. The molecule has 1 N–H and O–H groups in total. The lowest BCUT2D eigenvalue weighted by atomic mass is 9.99. The molecule has 0 radical (unpaired) electrons. The molecule has 4 rings (SSSR count). The highest BCUT2D eigenvalue weighted by Gasteiger charge is 2.30. The number of alkyl halides is 3. The van der Waals surface area contributed by atoms with Gasteiger partial charge in [0.05, 0.1) is 29.8 Å². The predicted molar refractivity (Wildman–Crippen MR) is 133 cm³/mol. The van der Waals surface area contributed by atoms with Gasteiger partial charge >= 0.3 is 12.1 Å². The largest absolute Gasteiger partial charge is 0.465 e. The minimum atomic E-state index is -4.40. The Balaban J connectivity index is 1.63. The number of nitrogens with zero attached hydrogens (tertiary/aromatic N) is 2. The zero-order chi connectivity index (χ0) is 26.7. The van der Waals surface area contributed by atoms with Crippen molar-refractivity contribution in [2.75, 3.05) is 7.11 Å². The summed E-state index contributed by atoms with van der Waals surface area (Å²) in [6, 6.07) is 13.2. The molecular weight excluding hydrogens is 483 g/mol. The molecule has 0 spiro atoms. The summed E-state index contributed by atoms with van der Waals surface area (Å²) < 4.78 is 45.5. The first-order valence-corrected chi connectivity index (χ1v) is 11.7. The summed E-state index contributed by atoms with van der Waals surface area (Å²) in [6.45, 7) is 4.37. The molecule has 2 heterocycles. The van der Waals surface area contributed by atoms with Crippen molar-refractivity contribution in [2.24, 2.45) is 0 Å². The van der Waals surface area contributed by atoms with Crippen LogP contribution in [0.25, 0.3) is 11.0 Å². The van der Waals surface area contributed by atoms with Crippen LogP contribution in [0.15, 0.2) is 67.0 Å². The van der Waals surface area contributed by atoms with Gasteiger partial charge < -0.3 is 14.6 Å². The molecule has 0 unspecified atom stereocenters. The quantitative estimate of drug-likeness (QED) is 0.313. The molecule has 4 aromatic rings. The molecule has 0 bridgehead atoms. The predicted octanol–water partition coefficient (Wildman–Crippen LogP) is 5.94. The summed E-state index contributed by atoms with van der Waals surface area (Å²) in [5.74, 6) is -0.743. The average molecular weight is 510 g/mol. The van der Waals surface area contributed by atoms with Crippen LogP contribution >= 0.6 is 0 Å². The Morgan fingerprint density at radius 1 is 1.05 bits per heavy atom. The lowest BCUT2D eigenvalue weighted by Crippen LogP contribution is -2.26. The van der Waals surface area contributed by atoms with Crippen molar-refractivity contribution >= 4 is 22.9 Å². The first-order chi connectivity index (χ1) is 17.6. The van der Waals surface area contributed by atoms with Crippen molar-refractivity contribution in [2.45, 2.75) is 39.0 Å². The van der Waals surface area contributed by atoms with E-state index in [1.807, 2.05) is 18.4 Å². The number of rotatable bonds is 7. The number of nitrogens with one attached hydrogen (secondary N) is 1. The number of carbonyl (C=O) groups is 2. The van der Waals surface area contributed by atoms with Crippen LogP contribution in [0.4, 0.5) is 13.2 Å². The van der Waals surface area contributed by atoms with Crippen LogP contribution in [0.5, 0.6) is 0 Å². The standard InChI is InChI=1S/C28H26F3N3O3/c1-4-34-16-23(26(35)33-17(2)19-7-9-20(10-8-19)27(36)37-3)24-21(13-14-32-25(24)34)15-18-5-11-22(12-6-18)28(29,30)31/h5-14,16-17H,4,15H2,1-3H3,(H,33,35)/t17-/m0/s1. The van der Waals surface area contributed by atoms with E-state index in [9.17, 15) is 22.8 Å². The topological polar surface area (TPSA) is 73.2 Å². The summed E-state index contributed by atoms with van der Waals surface area (Å²) in [5.41, 5.74) is 3.06. The molecule has 2 aromatic heterocycles. The monoisotopic (exact) mass is 509 g/mol.